The Kier molecular flexibility index (Phi) is 7.55. The molecule has 1 saturated heterocycles. The summed E-state index contributed by atoms with van der Waals surface area (Å²) < 4.78 is 0. The number of thiophene rings is 1. The number of hydrogen-bond donors (Lipinski definition) is 2. The normalized spacial score (nSPS) is 20.5. The monoisotopic (exact) mass is 558 g/mol. The van der Waals surface area contributed by atoms with E-state index in [1.54, 1.807) is 36.4 Å². The van der Waals surface area contributed by atoms with Gasteiger partial charge in [0.2, 0.25) is 0 Å². The summed E-state index contributed by atoms with van der Waals surface area (Å²) in [6, 6.07) is 22.4. The maximum atomic E-state index is 14.3. The first-order chi connectivity index (χ1) is 18.7. The Bertz CT molecular complexity index is 1520. The molecule has 1 aromatic heterocycles. The van der Waals surface area contributed by atoms with Crippen LogP contribution in [0.15, 0.2) is 90.3 Å². The molecular weight excluding hydrogens is 532 g/mol. The molecular formula is C31H27ClN2O4S. The Morgan fingerprint density at radius 1 is 0.897 bits per heavy atom. The van der Waals surface area contributed by atoms with Gasteiger partial charge in [-0.15, -0.1) is 11.3 Å². The Morgan fingerprint density at radius 3 is 2.28 bits per heavy atom. The van der Waals surface area contributed by atoms with Crippen molar-refractivity contribution in [2.24, 2.45) is 5.92 Å². The molecule has 1 aliphatic heterocycles. The fourth-order valence-corrected chi connectivity index (χ4v) is 6.54. The minimum Gasteiger partial charge on any atom is -0.480 e. The molecule has 1 fully saturated rings. The van der Waals surface area contributed by atoms with E-state index < -0.39 is 35.9 Å². The van der Waals surface area contributed by atoms with Gasteiger partial charge in [0, 0.05) is 27.1 Å². The summed E-state index contributed by atoms with van der Waals surface area (Å²) in [4.78, 5) is 43.3. The highest BCUT2D eigenvalue weighted by Crippen LogP contribution is 2.52. The number of aliphatic carboxylic acids is 1. The number of nitrogens with zero attached hydrogens (tertiary/aromatic N) is 1. The van der Waals surface area contributed by atoms with E-state index in [0.717, 1.165) is 16.0 Å². The van der Waals surface area contributed by atoms with Crippen molar-refractivity contribution in [1.82, 2.24) is 4.90 Å². The molecule has 4 atom stereocenters. The highest BCUT2D eigenvalue weighted by Gasteiger charge is 2.58. The molecule has 6 nitrogen and oxygen atoms in total. The summed E-state index contributed by atoms with van der Waals surface area (Å²) in [7, 11) is 0. The molecule has 2 amide bonds. The second-order valence-corrected chi connectivity index (χ2v) is 11.2. The van der Waals surface area contributed by atoms with Gasteiger partial charge >= 0.3 is 12.0 Å². The number of benzene rings is 3. The van der Waals surface area contributed by atoms with Gasteiger partial charge in [-0.1, -0.05) is 83.4 Å². The number of ketones is 1. The van der Waals surface area contributed by atoms with Gasteiger partial charge in [-0.3, -0.25) is 4.79 Å². The molecule has 8 heteroatoms. The summed E-state index contributed by atoms with van der Waals surface area (Å²) in [6.45, 7) is 3.87. The Balaban J connectivity index is 1.70. The van der Waals surface area contributed by atoms with Crippen LogP contribution in [0.3, 0.4) is 0 Å². The number of urea groups is 1. The average Bonchev–Trinajstić information content (AvgIpc) is 3.55. The number of carboxylic acids is 1. The molecule has 198 valence electrons. The fraction of sp³-hybridized carbons (Fsp3) is 0.194. The zero-order chi connectivity index (χ0) is 27.7. The standard InChI is InChI=1S/C31H27ClN2O4S/c1-18-11-13-20(14-12-18)29(35)26-25(24-10-5-15-39-24)28(30(36)37)34(27(26)21-7-3-6-19(2)16-21)31(38)33-23-9-4-8-22(32)17-23/h3-17,25-28H,1-2H3,(H,33,38)(H,36,37). The van der Waals surface area contributed by atoms with Crippen molar-refractivity contribution in [2.75, 3.05) is 5.32 Å². The Hall–Kier alpha value is -3.94. The third-order valence-electron chi connectivity index (χ3n) is 7.12. The van der Waals surface area contributed by atoms with E-state index in [9.17, 15) is 19.5 Å². The summed E-state index contributed by atoms with van der Waals surface area (Å²) in [5.74, 6) is -2.97. The second-order valence-electron chi connectivity index (χ2n) is 9.79. The van der Waals surface area contributed by atoms with Crippen molar-refractivity contribution >= 4 is 46.4 Å². The van der Waals surface area contributed by atoms with Crippen molar-refractivity contribution in [3.05, 3.63) is 122 Å². The van der Waals surface area contributed by atoms with Gasteiger partial charge in [0.1, 0.15) is 6.04 Å². The van der Waals surface area contributed by atoms with Gasteiger partial charge in [-0.25, -0.2) is 9.59 Å². The van der Waals surface area contributed by atoms with Crippen molar-refractivity contribution in [3.8, 4) is 0 Å². The van der Waals surface area contributed by atoms with E-state index in [4.69, 9.17) is 11.6 Å². The quantitative estimate of drug-likeness (QED) is 0.242. The number of hydrogen-bond acceptors (Lipinski definition) is 4. The van der Waals surface area contributed by atoms with E-state index in [2.05, 4.69) is 5.32 Å². The number of rotatable bonds is 6. The summed E-state index contributed by atoms with van der Waals surface area (Å²) in [5.41, 5.74) is 3.56. The zero-order valence-electron chi connectivity index (χ0n) is 21.4. The fourth-order valence-electron chi connectivity index (χ4n) is 5.44. The third-order valence-corrected chi connectivity index (χ3v) is 8.33. The van der Waals surface area contributed by atoms with Crippen molar-refractivity contribution in [3.63, 3.8) is 0 Å². The molecule has 2 N–H and O–H groups in total. The van der Waals surface area contributed by atoms with Crippen LogP contribution in [-0.4, -0.2) is 33.8 Å². The first-order valence-corrected chi connectivity index (χ1v) is 13.8. The first-order valence-electron chi connectivity index (χ1n) is 12.5. The number of carbonyl (C=O) groups excluding carboxylic acids is 2. The van der Waals surface area contributed by atoms with Gasteiger partial charge in [0.15, 0.2) is 5.78 Å². The minimum absolute atomic E-state index is 0.204. The molecule has 0 bridgehead atoms. The number of anilines is 1. The number of likely N-dealkylation sites (tertiary alicyclic amines) is 1. The van der Waals surface area contributed by atoms with Gasteiger partial charge < -0.3 is 15.3 Å². The number of aryl methyl sites for hydroxylation is 2. The van der Waals surface area contributed by atoms with E-state index in [-0.39, 0.29) is 5.78 Å². The lowest BCUT2D eigenvalue weighted by molar-refractivity contribution is -0.142. The van der Waals surface area contributed by atoms with Crippen molar-refractivity contribution < 1.29 is 19.5 Å². The summed E-state index contributed by atoms with van der Waals surface area (Å²) >= 11 is 7.53. The van der Waals surface area contributed by atoms with Crippen LogP contribution in [0.5, 0.6) is 0 Å². The maximum absolute atomic E-state index is 14.3. The number of halogens is 1. The van der Waals surface area contributed by atoms with Crippen LogP contribution in [0.1, 0.15) is 43.9 Å². The van der Waals surface area contributed by atoms with E-state index >= 15 is 0 Å². The van der Waals surface area contributed by atoms with E-state index in [0.29, 0.717) is 21.8 Å². The van der Waals surface area contributed by atoms with E-state index in [1.807, 2.05) is 67.8 Å². The molecule has 0 aliphatic carbocycles. The van der Waals surface area contributed by atoms with Crippen LogP contribution in [-0.2, 0) is 4.79 Å². The van der Waals surface area contributed by atoms with Gasteiger partial charge in [0.05, 0.1) is 12.0 Å². The van der Waals surface area contributed by atoms with Crippen LogP contribution < -0.4 is 5.32 Å². The van der Waals surface area contributed by atoms with Crippen LogP contribution in [0.4, 0.5) is 10.5 Å². The summed E-state index contributed by atoms with van der Waals surface area (Å²) in [5, 5.41) is 15.7. The molecule has 4 aromatic rings. The Labute approximate surface area is 235 Å². The molecule has 4 unspecified atom stereocenters. The second kappa shape index (κ2) is 11.0. The molecule has 5 rings (SSSR count). The smallest absolute Gasteiger partial charge is 0.327 e. The van der Waals surface area contributed by atoms with Crippen LogP contribution in [0.25, 0.3) is 0 Å². The van der Waals surface area contributed by atoms with Gasteiger partial charge in [-0.2, -0.15) is 0 Å². The topological polar surface area (TPSA) is 86.7 Å². The number of nitrogens with one attached hydrogen (secondary N) is 1. The molecule has 1 aliphatic rings. The predicted octanol–water partition coefficient (Wildman–Crippen LogP) is 7.34. The molecule has 39 heavy (non-hydrogen) atoms. The molecule has 3 aromatic carbocycles. The molecule has 2 heterocycles. The SMILES string of the molecule is Cc1ccc(C(=O)C2C(c3cccs3)C(C(=O)O)N(C(=O)Nc3cccc(Cl)c3)C2c2cccc(C)c2)cc1. The lowest BCUT2D eigenvalue weighted by Crippen LogP contribution is -2.45. The van der Waals surface area contributed by atoms with Crippen LogP contribution in [0, 0.1) is 19.8 Å². The number of amides is 2. The largest absolute Gasteiger partial charge is 0.480 e. The highest BCUT2D eigenvalue weighted by atomic mass is 35.5. The Morgan fingerprint density at radius 2 is 1.64 bits per heavy atom. The summed E-state index contributed by atoms with van der Waals surface area (Å²) in [6.07, 6.45) is 0. The number of Topliss-reactive ketones (excluding diaryl/α,β-unsaturated/α-hetero) is 1. The minimum atomic E-state index is -1.28. The number of carbonyl (C=O) groups is 3. The van der Waals surface area contributed by atoms with Crippen molar-refractivity contribution in [2.45, 2.75) is 31.8 Å². The third kappa shape index (κ3) is 5.33. The lowest BCUT2D eigenvalue weighted by Gasteiger charge is -2.30. The van der Waals surface area contributed by atoms with E-state index in [1.165, 1.54) is 16.2 Å². The predicted molar refractivity (Wildman–Crippen MR) is 154 cm³/mol. The van der Waals surface area contributed by atoms with Crippen LogP contribution >= 0.6 is 22.9 Å². The van der Waals surface area contributed by atoms with Gasteiger partial charge in [0.25, 0.3) is 0 Å². The highest BCUT2D eigenvalue weighted by molar-refractivity contribution is 7.10. The van der Waals surface area contributed by atoms with Gasteiger partial charge in [-0.05, 0) is 49.1 Å². The molecule has 0 saturated carbocycles. The van der Waals surface area contributed by atoms with Crippen molar-refractivity contribution in [1.29, 1.82) is 0 Å². The first kappa shape index (κ1) is 26.7. The zero-order valence-corrected chi connectivity index (χ0v) is 22.9. The molecule has 0 spiro atoms. The lowest BCUT2D eigenvalue weighted by atomic mass is 9.78. The maximum Gasteiger partial charge on any atom is 0.327 e. The van der Waals surface area contributed by atoms with Crippen LogP contribution in [0.2, 0.25) is 5.02 Å². The molecule has 0 radical (unpaired) electrons. The number of carboxylic acid groups (broad SMARTS) is 1. The average molecular weight is 559 g/mol.